The number of nitrogens with zero attached hydrogens (tertiary/aromatic N) is 2. The molecule has 0 bridgehead atoms. The molecule has 1 aliphatic rings. The van der Waals surface area contributed by atoms with E-state index < -0.39 is 17.6 Å². The van der Waals surface area contributed by atoms with Crippen LogP contribution in [-0.2, 0) is 20.9 Å². The number of carbonyl (C=O) groups excluding carboxylic acids is 2. The molecule has 9 nitrogen and oxygen atoms in total. The number of aryl methyl sites for hydroxylation is 1. The van der Waals surface area contributed by atoms with E-state index in [1.807, 2.05) is 6.07 Å². The third-order valence-corrected chi connectivity index (χ3v) is 7.92. The van der Waals surface area contributed by atoms with Gasteiger partial charge in [-0.05, 0) is 80.0 Å². The summed E-state index contributed by atoms with van der Waals surface area (Å²) in [5.41, 5.74) is 2.42. The Morgan fingerprint density at radius 3 is 2.38 bits per heavy atom. The van der Waals surface area contributed by atoms with E-state index in [4.69, 9.17) is 9.47 Å². The number of hydrogen-bond acceptors (Lipinski definition) is 6. The van der Waals surface area contributed by atoms with E-state index in [0.29, 0.717) is 42.4 Å². The normalized spacial score (nSPS) is 16.2. The molecule has 3 atom stereocenters. The Kier molecular flexibility index (Phi) is 15.2. The summed E-state index contributed by atoms with van der Waals surface area (Å²) in [6, 6.07) is 16.5. The van der Waals surface area contributed by atoms with Crippen LogP contribution in [0.15, 0.2) is 71.7 Å². The van der Waals surface area contributed by atoms with Gasteiger partial charge in [0.15, 0.2) is 0 Å². The molecule has 0 saturated heterocycles. The third kappa shape index (κ3) is 12.7. The Bertz CT molecular complexity index is 1510. The summed E-state index contributed by atoms with van der Waals surface area (Å²) in [6.07, 6.45) is 5.80. The van der Waals surface area contributed by atoms with Crippen LogP contribution >= 0.6 is 0 Å². The Labute approximate surface area is 274 Å². The summed E-state index contributed by atoms with van der Waals surface area (Å²) < 4.78 is 38.1. The van der Waals surface area contributed by atoms with Gasteiger partial charge in [-0.1, -0.05) is 50.6 Å². The number of carboxylic acid groups (broad SMARTS) is 1. The van der Waals surface area contributed by atoms with Gasteiger partial charge in [-0.3, -0.25) is 0 Å². The zero-order valence-corrected chi connectivity index (χ0v) is 27.1. The molecule has 1 fully saturated rings. The second-order valence-electron chi connectivity index (χ2n) is 11.6. The van der Waals surface area contributed by atoms with E-state index in [1.165, 1.54) is 36.4 Å². The lowest BCUT2D eigenvalue weighted by atomic mass is 9.94. The van der Waals surface area contributed by atoms with Crippen molar-refractivity contribution in [2.24, 2.45) is 10.9 Å². The van der Waals surface area contributed by atoms with Gasteiger partial charge in [-0.2, -0.15) is 4.99 Å². The molecule has 4 rings (SSSR count). The van der Waals surface area contributed by atoms with Crippen molar-refractivity contribution >= 4 is 29.5 Å². The van der Waals surface area contributed by atoms with Crippen LogP contribution in [0.1, 0.15) is 67.4 Å². The SMILES string of the molecule is CCC(C)CN(CCO[C@@H]1CCC[C@H](OCc2cccc(C)c2C(=O)O)C1)C(=O)Nc1cccc(F)c1.O=C=Nc1cccc(F)c1. The molecule has 1 unspecified atom stereocenters. The zero-order valence-electron chi connectivity index (χ0n) is 27.1. The lowest BCUT2D eigenvalue weighted by Gasteiger charge is -2.31. The number of rotatable bonds is 13. The minimum absolute atomic E-state index is 0.00611. The Morgan fingerprint density at radius 1 is 1.04 bits per heavy atom. The van der Waals surface area contributed by atoms with Crippen molar-refractivity contribution < 1.29 is 37.7 Å². The Hall–Kier alpha value is -4.44. The van der Waals surface area contributed by atoms with Crippen LogP contribution in [0.2, 0.25) is 0 Å². The summed E-state index contributed by atoms with van der Waals surface area (Å²) in [7, 11) is 0. The number of anilines is 1. The fourth-order valence-electron chi connectivity index (χ4n) is 5.25. The molecular formula is C36H43F2N3O6. The van der Waals surface area contributed by atoms with E-state index in [2.05, 4.69) is 24.2 Å². The molecule has 1 saturated carbocycles. The molecule has 252 valence electrons. The quantitative estimate of drug-likeness (QED) is 0.143. The number of nitrogens with one attached hydrogen (secondary N) is 1. The minimum atomic E-state index is -0.940. The first-order chi connectivity index (χ1) is 22.6. The summed E-state index contributed by atoms with van der Waals surface area (Å²) in [5.74, 6) is -1.42. The lowest BCUT2D eigenvalue weighted by Crippen LogP contribution is -2.41. The maximum atomic E-state index is 13.5. The fourth-order valence-corrected chi connectivity index (χ4v) is 5.25. The van der Waals surface area contributed by atoms with E-state index in [0.717, 1.165) is 43.7 Å². The third-order valence-electron chi connectivity index (χ3n) is 7.92. The maximum absolute atomic E-state index is 13.5. The number of carboxylic acids is 1. The monoisotopic (exact) mass is 651 g/mol. The van der Waals surface area contributed by atoms with Crippen LogP contribution in [0, 0.1) is 24.5 Å². The van der Waals surface area contributed by atoms with Crippen LogP contribution in [0.4, 0.5) is 25.0 Å². The first kappa shape index (κ1) is 37.0. The van der Waals surface area contributed by atoms with E-state index in [9.17, 15) is 28.3 Å². The molecule has 0 aromatic heterocycles. The number of amides is 2. The maximum Gasteiger partial charge on any atom is 0.336 e. The van der Waals surface area contributed by atoms with Gasteiger partial charge in [0.05, 0.1) is 36.7 Å². The molecule has 0 radical (unpaired) electrons. The number of benzene rings is 3. The topological polar surface area (TPSA) is 118 Å². The molecule has 2 N–H and O–H groups in total. The number of hydrogen-bond donors (Lipinski definition) is 2. The summed E-state index contributed by atoms with van der Waals surface area (Å²) in [6.45, 7) is 7.63. The van der Waals surface area contributed by atoms with Gasteiger partial charge in [0.1, 0.15) is 11.6 Å². The van der Waals surface area contributed by atoms with Crippen molar-refractivity contribution in [1.82, 2.24) is 4.90 Å². The van der Waals surface area contributed by atoms with Gasteiger partial charge in [0.2, 0.25) is 6.08 Å². The number of isocyanates is 1. The first-order valence-corrected chi connectivity index (χ1v) is 15.8. The Balaban J connectivity index is 0.000000511. The molecule has 11 heteroatoms. The minimum Gasteiger partial charge on any atom is -0.478 e. The standard InChI is InChI=1S/C29H39FN2O5.C7H4FNO/c1-4-20(2)18-32(29(35)31-24-11-6-10-23(30)16-24)14-15-36-25-12-7-13-26(17-25)37-19-22-9-5-8-21(3)27(22)28(33)34;8-6-2-1-3-7(4-6)9-5-10/h5-6,8-11,16,20,25-26H,4,7,12-15,17-19H2,1-3H3,(H,31,35)(H,33,34);1-4H/t20?,25-,26+;/m1./s1. The predicted molar refractivity (Wildman–Crippen MR) is 176 cm³/mol. The van der Waals surface area contributed by atoms with Gasteiger partial charge in [-0.25, -0.2) is 23.2 Å². The van der Waals surface area contributed by atoms with Crippen molar-refractivity contribution in [3.63, 3.8) is 0 Å². The molecule has 0 aliphatic heterocycles. The molecule has 3 aromatic carbocycles. The van der Waals surface area contributed by atoms with Crippen molar-refractivity contribution in [3.8, 4) is 0 Å². The van der Waals surface area contributed by atoms with E-state index in [-0.39, 0.29) is 30.5 Å². The van der Waals surface area contributed by atoms with Crippen molar-refractivity contribution in [1.29, 1.82) is 0 Å². The highest BCUT2D eigenvalue weighted by Crippen LogP contribution is 2.26. The second-order valence-corrected chi connectivity index (χ2v) is 11.6. The second kappa shape index (κ2) is 19.3. The van der Waals surface area contributed by atoms with Gasteiger partial charge >= 0.3 is 12.0 Å². The lowest BCUT2D eigenvalue weighted by molar-refractivity contribution is -0.0525. The van der Waals surface area contributed by atoms with Crippen LogP contribution in [0.5, 0.6) is 0 Å². The molecule has 0 spiro atoms. The first-order valence-electron chi connectivity index (χ1n) is 15.8. The number of carbonyl (C=O) groups is 2. The molecule has 3 aromatic rings. The van der Waals surface area contributed by atoms with Crippen LogP contribution in [0.25, 0.3) is 0 Å². The average Bonchev–Trinajstić information content (AvgIpc) is 3.03. The molecule has 1 aliphatic carbocycles. The predicted octanol–water partition coefficient (Wildman–Crippen LogP) is 8.05. The van der Waals surface area contributed by atoms with Crippen molar-refractivity contribution in [2.45, 2.75) is 71.7 Å². The smallest absolute Gasteiger partial charge is 0.336 e. The highest BCUT2D eigenvalue weighted by molar-refractivity contribution is 5.91. The fraction of sp³-hybridized carbons (Fsp3) is 0.417. The number of halogens is 2. The van der Waals surface area contributed by atoms with Gasteiger partial charge in [0.25, 0.3) is 0 Å². The van der Waals surface area contributed by atoms with Crippen molar-refractivity contribution in [3.05, 3.63) is 95.1 Å². The summed E-state index contributed by atoms with van der Waals surface area (Å²) in [5, 5.41) is 12.3. The number of aromatic carboxylic acids is 1. The molecular weight excluding hydrogens is 608 g/mol. The average molecular weight is 652 g/mol. The molecule has 2 amide bonds. The number of urea groups is 1. The largest absolute Gasteiger partial charge is 0.478 e. The van der Waals surface area contributed by atoms with E-state index in [1.54, 1.807) is 36.1 Å². The highest BCUT2D eigenvalue weighted by Gasteiger charge is 2.25. The number of ether oxygens (including phenoxy) is 2. The molecule has 0 heterocycles. The van der Waals surface area contributed by atoms with Gasteiger partial charge < -0.3 is 24.8 Å². The highest BCUT2D eigenvalue weighted by atomic mass is 19.1. The van der Waals surface area contributed by atoms with Crippen LogP contribution in [0.3, 0.4) is 0 Å². The van der Waals surface area contributed by atoms with Crippen LogP contribution < -0.4 is 5.32 Å². The zero-order chi connectivity index (χ0) is 34.2. The van der Waals surface area contributed by atoms with Crippen LogP contribution in [-0.4, -0.2) is 60.0 Å². The van der Waals surface area contributed by atoms with E-state index >= 15 is 0 Å². The Morgan fingerprint density at radius 2 is 1.72 bits per heavy atom. The van der Waals surface area contributed by atoms with Gasteiger partial charge in [-0.15, -0.1) is 0 Å². The summed E-state index contributed by atoms with van der Waals surface area (Å²) in [4.78, 5) is 39.2. The van der Waals surface area contributed by atoms with Crippen molar-refractivity contribution in [2.75, 3.05) is 25.0 Å². The summed E-state index contributed by atoms with van der Waals surface area (Å²) >= 11 is 0. The molecule has 47 heavy (non-hydrogen) atoms. The van der Waals surface area contributed by atoms with Gasteiger partial charge in [0, 0.05) is 24.8 Å². The number of aliphatic imine (C=N–C) groups is 1.